The van der Waals surface area contributed by atoms with Gasteiger partial charge >= 0.3 is 6.03 Å². The Labute approximate surface area is 219 Å². The van der Waals surface area contributed by atoms with E-state index in [-0.39, 0.29) is 47.5 Å². The van der Waals surface area contributed by atoms with Crippen LogP contribution in [-0.4, -0.2) is 95.7 Å². The summed E-state index contributed by atoms with van der Waals surface area (Å²) in [5.74, 6) is -0.484. The predicted molar refractivity (Wildman–Crippen MR) is 141 cm³/mol. The van der Waals surface area contributed by atoms with Crippen molar-refractivity contribution < 1.29 is 19.2 Å². The Morgan fingerprint density at radius 3 is 2.27 bits per heavy atom. The van der Waals surface area contributed by atoms with E-state index in [4.69, 9.17) is 0 Å². The zero-order valence-electron chi connectivity index (χ0n) is 22.8. The molecule has 4 rings (SSSR count). The number of amides is 4. The predicted octanol–water partition coefficient (Wildman–Crippen LogP) is 2.01. The maximum Gasteiger partial charge on any atom is 0.320 e. The Kier molecular flexibility index (Phi) is 7.92. The summed E-state index contributed by atoms with van der Waals surface area (Å²) in [6.07, 6.45) is 1.03. The minimum absolute atomic E-state index is 0.0224. The number of carbonyl (C=O) groups excluding carboxylic acids is 4. The van der Waals surface area contributed by atoms with Gasteiger partial charge in [-0.25, -0.2) is 4.79 Å². The fourth-order valence-electron chi connectivity index (χ4n) is 5.62. The van der Waals surface area contributed by atoms with Crippen molar-refractivity contribution >= 4 is 23.6 Å². The van der Waals surface area contributed by atoms with Gasteiger partial charge in [0.25, 0.3) is 5.91 Å². The fourth-order valence-corrected chi connectivity index (χ4v) is 5.62. The number of carbonyl (C=O) groups is 4. The molecule has 0 radical (unpaired) electrons. The van der Waals surface area contributed by atoms with Gasteiger partial charge in [-0.05, 0) is 41.9 Å². The zero-order chi connectivity index (χ0) is 26.9. The number of likely N-dealkylation sites (tertiary alicyclic amines) is 2. The Morgan fingerprint density at radius 2 is 1.68 bits per heavy atom. The van der Waals surface area contributed by atoms with Crippen LogP contribution in [0.5, 0.6) is 0 Å². The van der Waals surface area contributed by atoms with Crippen molar-refractivity contribution in [1.82, 2.24) is 25.3 Å². The number of rotatable bonds is 5. The lowest BCUT2D eigenvalue weighted by Crippen LogP contribution is -2.54. The second-order valence-corrected chi connectivity index (χ2v) is 11.9. The average Bonchev–Trinajstić information content (AvgIpc) is 3.44. The number of hydrogen-bond donors (Lipinski definition) is 2. The molecule has 0 aliphatic carbocycles. The molecule has 37 heavy (non-hydrogen) atoms. The fraction of sp³-hybridized carbons (Fsp3) is 0.643. The first-order chi connectivity index (χ1) is 17.5. The first-order valence-electron chi connectivity index (χ1n) is 13.5. The number of fused-ring (bicyclic) bond motifs is 1. The molecule has 4 amide bonds. The van der Waals surface area contributed by atoms with Crippen LogP contribution in [0.3, 0.4) is 0 Å². The van der Waals surface area contributed by atoms with E-state index < -0.39 is 12.1 Å². The van der Waals surface area contributed by atoms with Gasteiger partial charge in [-0.2, -0.15) is 0 Å². The summed E-state index contributed by atoms with van der Waals surface area (Å²) in [4.78, 5) is 58.1. The molecule has 0 bridgehead atoms. The van der Waals surface area contributed by atoms with E-state index >= 15 is 0 Å². The monoisotopic (exact) mass is 511 g/mol. The van der Waals surface area contributed by atoms with E-state index in [1.165, 1.54) is 0 Å². The standard InChI is InChI=1S/C28H41N5O4/c1-18(2)16-21(30-25(35)19-6-8-20(9-7-19)28(3,4)5)26(36)32-13-10-22-24(32)23(34)17-33(22)27(37)31-14-11-29-12-15-31/h6-9,18,21-22,24,29H,10-17H2,1-5H3,(H,30,35). The smallest absolute Gasteiger partial charge is 0.320 e. The molecule has 9 heteroatoms. The van der Waals surface area contributed by atoms with Crippen LogP contribution >= 0.6 is 0 Å². The minimum Gasteiger partial charge on any atom is -0.340 e. The van der Waals surface area contributed by atoms with Crippen LogP contribution in [0.15, 0.2) is 24.3 Å². The molecule has 3 heterocycles. The number of piperazine rings is 1. The number of hydrogen-bond acceptors (Lipinski definition) is 5. The first kappa shape index (κ1) is 27.1. The van der Waals surface area contributed by atoms with Crippen molar-refractivity contribution in [1.29, 1.82) is 0 Å². The van der Waals surface area contributed by atoms with Crippen molar-refractivity contribution in [2.45, 2.75) is 71.0 Å². The normalized spacial score (nSPS) is 22.9. The summed E-state index contributed by atoms with van der Waals surface area (Å²) in [7, 11) is 0. The molecule has 3 aliphatic rings. The summed E-state index contributed by atoms with van der Waals surface area (Å²) >= 11 is 0. The Bertz CT molecular complexity index is 1030. The summed E-state index contributed by atoms with van der Waals surface area (Å²) in [6.45, 7) is 13.5. The quantitative estimate of drug-likeness (QED) is 0.630. The van der Waals surface area contributed by atoms with Gasteiger partial charge in [0.1, 0.15) is 12.1 Å². The number of Topliss-reactive ketones (excluding diaryl/α,β-unsaturated/α-hetero) is 1. The van der Waals surface area contributed by atoms with Crippen molar-refractivity contribution in [3.63, 3.8) is 0 Å². The van der Waals surface area contributed by atoms with E-state index in [0.717, 1.165) is 18.7 Å². The highest BCUT2D eigenvalue weighted by Gasteiger charge is 2.52. The summed E-state index contributed by atoms with van der Waals surface area (Å²) in [5.41, 5.74) is 1.60. The summed E-state index contributed by atoms with van der Waals surface area (Å²) in [5, 5.41) is 6.18. The van der Waals surface area contributed by atoms with Gasteiger partial charge < -0.3 is 25.3 Å². The molecule has 3 saturated heterocycles. The molecule has 1 aromatic carbocycles. The van der Waals surface area contributed by atoms with E-state index in [1.54, 1.807) is 26.8 Å². The number of benzene rings is 1. The lowest BCUT2D eigenvalue weighted by molar-refractivity contribution is -0.138. The highest BCUT2D eigenvalue weighted by atomic mass is 16.2. The van der Waals surface area contributed by atoms with Gasteiger partial charge in [0.15, 0.2) is 5.78 Å². The van der Waals surface area contributed by atoms with Crippen molar-refractivity contribution in [2.75, 3.05) is 39.3 Å². The van der Waals surface area contributed by atoms with Crippen molar-refractivity contribution in [3.05, 3.63) is 35.4 Å². The third kappa shape index (κ3) is 5.81. The highest BCUT2D eigenvalue weighted by molar-refractivity contribution is 6.00. The number of nitrogens with zero attached hydrogens (tertiary/aromatic N) is 3. The maximum atomic E-state index is 13.7. The molecular formula is C28H41N5O4. The third-order valence-corrected chi connectivity index (χ3v) is 7.66. The molecular weight excluding hydrogens is 470 g/mol. The molecule has 9 nitrogen and oxygen atoms in total. The summed E-state index contributed by atoms with van der Waals surface area (Å²) in [6, 6.07) is 5.66. The molecule has 3 fully saturated rings. The van der Waals surface area contributed by atoms with Crippen LogP contribution in [0, 0.1) is 5.92 Å². The van der Waals surface area contributed by atoms with Gasteiger partial charge in [-0.15, -0.1) is 0 Å². The zero-order valence-corrected chi connectivity index (χ0v) is 22.8. The van der Waals surface area contributed by atoms with Gasteiger partial charge in [0.05, 0.1) is 12.6 Å². The molecule has 2 N–H and O–H groups in total. The van der Waals surface area contributed by atoms with Crippen LogP contribution in [-0.2, 0) is 15.0 Å². The van der Waals surface area contributed by atoms with Crippen LogP contribution in [0.25, 0.3) is 0 Å². The minimum atomic E-state index is -0.737. The van der Waals surface area contributed by atoms with Gasteiger partial charge in [-0.1, -0.05) is 46.8 Å². The van der Waals surface area contributed by atoms with Gasteiger partial charge in [0, 0.05) is 38.3 Å². The van der Waals surface area contributed by atoms with Crippen LogP contribution in [0.4, 0.5) is 4.79 Å². The van der Waals surface area contributed by atoms with E-state index in [2.05, 4.69) is 31.4 Å². The van der Waals surface area contributed by atoms with Crippen LogP contribution in [0.2, 0.25) is 0 Å². The van der Waals surface area contributed by atoms with Crippen molar-refractivity contribution in [3.8, 4) is 0 Å². The van der Waals surface area contributed by atoms with Crippen LogP contribution < -0.4 is 10.6 Å². The van der Waals surface area contributed by atoms with Gasteiger partial charge in [0.2, 0.25) is 5.91 Å². The van der Waals surface area contributed by atoms with E-state index in [9.17, 15) is 19.2 Å². The lowest BCUT2D eigenvalue weighted by Gasteiger charge is -2.33. The third-order valence-electron chi connectivity index (χ3n) is 7.66. The topological polar surface area (TPSA) is 102 Å². The Morgan fingerprint density at radius 1 is 1.03 bits per heavy atom. The number of nitrogens with one attached hydrogen (secondary N) is 2. The van der Waals surface area contributed by atoms with Crippen molar-refractivity contribution in [2.24, 2.45) is 5.92 Å². The summed E-state index contributed by atoms with van der Waals surface area (Å²) < 4.78 is 0. The second-order valence-electron chi connectivity index (χ2n) is 11.9. The SMILES string of the molecule is CC(C)CC(NC(=O)c1ccc(C(C)(C)C)cc1)C(=O)N1CCC2C1C(=O)CN2C(=O)N1CCNCC1. The van der Waals surface area contributed by atoms with Gasteiger partial charge in [-0.3, -0.25) is 14.4 Å². The van der Waals surface area contributed by atoms with Crippen LogP contribution in [0.1, 0.15) is 63.4 Å². The Balaban J connectivity index is 1.47. The molecule has 3 unspecified atom stereocenters. The van der Waals surface area contributed by atoms with E-state index in [0.29, 0.717) is 38.0 Å². The molecule has 0 saturated carbocycles. The second kappa shape index (κ2) is 10.8. The highest BCUT2D eigenvalue weighted by Crippen LogP contribution is 2.31. The number of urea groups is 1. The largest absolute Gasteiger partial charge is 0.340 e. The first-order valence-corrected chi connectivity index (χ1v) is 13.5. The maximum absolute atomic E-state index is 13.7. The van der Waals surface area contributed by atoms with E-state index in [1.807, 2.05) is 26.0 Å². The average molecular weight is 512 g/mol. The molecule has 0 aromatic heterocycles. The molecule has 3 aliphatic heterocycles. The lowest BCUT2D eigenvalue weighted by atomic mass is 9.86. The number of ketones is 1. The molecule has 3 atom stereocenters. The molecule has 1 aromatic rings. The molecule has 202 valence electrons. The Hall–Kier alpha value is -2.94. The molecule has 0 spiro atoms.